The highest BCUT2D eigenvalue weighted by atomic mass is 16.2. The monoisotopic (exact) mass is 366 g/mol. The van der Waals surface area contributed by atoms with Crippen LogP contribution in [-0.4, -0.2) is 52.8 Å². The van der Waals surface area contributed by atoms with Crippen LogP contribution in [0.25, 0.3) is 0 Å². The van der Waals surface area contributed by atoms with E-state index in [4.69, 9.17) is 0 Å². The van der Waals surface area contributed by atoms with Crippen molar-refractivity contribution in [2.45, 2.75) is 26.8 Å². The molecule has 1 aromatic heterocycles. The number of hydrogen-bond acceptors (Lipinski definition) is 4. The average molecular weight is 366 g/mol. The highest BCUT2D eigenvalue weighted by Gasteiger charge is 2.23. The molecule has 2 aromatic rings. The zero-order valence-electron chi connectivity index (χ0n) is 15.9. The van der Waals surface area contributed by atoms with Gasteiger partial charge in [0.05, 0.1) is 5.69 Å². The lowest BCUT2D eigenvalue weighted by molar-refractivity contribution is -0.136. The van der Waals surface area contributed by atoms with Gasteiger partial charge in [-0.05, 0) is 43.2 Å². The van der Waals surface area contributed by atoms with Crippen molar-refractivity contribution in [3.8, 4) is 0 Å². The van der Waals surface area contributed by atoms with E-state index in [1.54, 1.807) is 11.1 Å². The SMILES string of the molecule is Cc1cccc(NC(=O)CC(=O)N2CCN(Cc3ccccn3)CC2)c1C. The molecule has 0 bridgehead atoms. The number of carbonyl (C=O) groups is 2. The second kappa shape index (κ2) is 8.77. The van der Waals surface area contributed by atoms with Gasteiger partial charge in [-0.3, -0.25) is 19.5 Å². The molecule has 0 saturated carbocycles. The van der Waals surface area contributed by atoms with Crippen LogP contribution in [-0.2, 0) is 16.1 Å². The van der Waals surface area contributed by atoms with Gasteiger partial charge in [0.25, 0.3) is 0 Å². The second-order valence-corrected chi connectivity index (χ2v) is 6.95. The minimum Gasteiger partial charge on any atom is -0.340 e. The van der Waals surface area contributed by atoms with Crippen molar-refractivity contribution < 1.29 is 9.59 Å². The van der Waals surface area contributed by atoms with E-state index in [-0.39, 0.29) is 18.2 Å². The zero-order valence-corrected chi connectivity index (χ0v) is 15.9. The number of amides is 2. The summed E-state index contributed by atoms with van der Waals surface area (Å²) < 4.78 is 0. The Bertz CT molecular complexity index is 799. The molecular formula is C21H26N4O2. The first kappa shape index (κ1) is 19.0. The largest absolute Gasteiger partial charge is 0.340 e. The summed E-state index contributed by atoms with van der Waals surface area (Å²) in [6.07, 6.45) is 1.68. The molecule has 1 aliphatic heterocycles. The van der Waals surface area contributed by atoms with Gasteiger partial charge in [0.2, 0.25) is 11.8 Å². The number of rotatable bonds is 5. The minimum absolute atomic E-state index is 0.115. The summed E-state index contributed by atoms with van der Waals surface area (Å²) in [5, 5.41) is 2.86. The molecule has 142 valence electrons. The van der Waals surface area contributed by atoms with Crippen molar-refractivity contribution in [1.29, 1.82) is 0 Å². The maximum Gasteiger partial charge on any atom is 0.233 e. The van der Waals surface area contributed by atoms with Crippen LogP contribution in [0, 0.1) is 13.8 Å². The highest BCUT2D eigenvalue weighted by molar-refractivity contribution is 6.03. The van der Waals surface area contributed by atoms with E-state index in [1.807, 2.05) is 50.2 Å². The summed E-state index contributed by atoms with van der Waals surface area (Å²) in [5.74, 6) is -0.375. The first-order valence-electron chi connectivity index (χ1n) is 9.29. The number of hydrogen-bond donors (Lipinski definition) is 1. The molecule has 0 spiro atoms. The summed E-state index contributed by atoms with van der Waals surface area (Å²) >= 11 is 0. The molecule has 1 aromatic carbocycles. The molecule has 6 nitrogen and oxygen atoms in total. The fraction of sp³-hybridized carbons (Fsp3) is 0.381. The van der Waals surface area contributed by atoms with Crippen molar-refractivity contribution in [2.24, 2.45) is 0 Å². The number of nitrogens with zero attached hydrogens (tertiary/aromatic N) is 3. The van der Waals surface area contributed by atoms with E-state index in [1.165, 1.54) is 0 Å². The number of aryl methyl sites for hydroxylation is 1. The molecule has 1 fully saturated rings. The number of pyridine rings is 1. The number of nitrogens with one attached hydrogen (secondary N) is 1. The summed E-state index contributed by atoms with van der Waals surface area (Å²) in [6.45, 7) is 7.62. The fourth-order valence-electron chi connectivity index (χ4n) is 3.21. The number of aromatic nitrogens is 1. The standard InChI is InChI=1S/C21H26N4O2/c1-16-6-5-8-19(17(16)2)23-20(26)14-21(27)25-12-10-24(11-13-25)15-18-7-3-4-9-22-18/h3-9H,10-15H2,1-2H3,(H,23,26). The van der Waals surface area contributed by atoms with Gasteiger partial charge in [0.1, 0.15) is 6.42 Å². The number of piperazine rings is 1. The number of anilines is 1. The van der Waals surface area contributed by atoms with Crippen LogP contribution >= 0.6 is 0 Å². The fourth-order valence-corrected chi connectivity index (χ4v) is 3.21. The predicted octanol–water partition coefficient (Wildman–Crippen LogP) is 2.37. The summed E-state index contributed by atoms with van der Waals surface area (Å²) in [7, 11) is 0. The van der Waals surface area contributed by atoms with Gasteiger partial charge in [-0.25, -0.2) is 0 Å². The van der Waals surface area contributed by atoms with E-state index in [2.05, 4.69) is 15.2 Å². The van der Waals surface area contributed by atoms with E-state index < -0.39 is 0 Å². The summed E-state index contributed by atoms with van der Waals surface area (Å²) in [4.78, 5) is 33.1. The summed E-state index contributed by atoms with van der Waals surface area (Å²) in [6, 6.07) is 11.7. The van der Waals surface area contributed by atoms with Crippen LogP contribution < -0.4 is 5.32 Å². The Morgan fingerprint density at radius 2 is 1.81 bits per heavy atom. The van der Waals surface area contributed by atoms with Gasteiger partial charge >= 0.3 is 0 Å². The molecule has 1 N–H and O–H groups in total. The van der Waals surface area contributed by atoms with Crippen LogP contribution in [0.1, 0.15) is 23.2 Å². The molecular weight excluding hydrogens is 340 g/mol. The Labute approximate surface area is 160 Å². The zero-order chi connectivity index (χ0) is 19.2. The summed E-state index contributed by atoms with van der Waals surface area (Å²) in [5.41, 5.74) is 3.95. The Kier molecular flexibility index (Phi) is 6.19. The van der Waals surface area contributed by atoms with Gasteiger partial charge in [0, 0.05) is 44.6 Å². The van der Waals surface area contributed by atoms with Crippen molar-refractivity contribution in [3.05, 3.63) is 59.4 Å². The third-order valence-corrected chi connectivity index (χ3v) is 5.03. The first-order valence-corrected chi connectivity index (χ1v) is 9.29. The van der Waals surface area contributed by atoms with Crippen LogP contribution in [0.5, 0.6) is 0 Å². The predicted molar refractivity (Wildman–Crippen MR) is 105 cm³/mol. The van der Waals surface area contributed by atoms with Crippen LogP contribution in [0.2, 0.25) is 0 Å². The smallest absolute Gasteiger partial charge is 0.233 e. The average Bonchev–Trinajstić information content (AvgIpc) is 2.67. The lowest BCUT2D eigenvalue weighted by atomic mass is 10.1. The van der Waals surface area contributed by atoms with E-state index >= 15 is 0 Å². The lowest BCUT2D eigenvalue weighted by Gasteiger charge is -2.34. The van der Waals surface area contributed by atoms with Gasteiger partial charge in [-0.1, -0.05) is 18.2 Å². The molecule has 2 heterocycles. The van der Waals surface area contributed by atoms with Crippen molar-refractivity contribution in [1.82, 2.24) is 14.8 Å². The van der Waals surface area contributed by atoms with Gasteiger partial charge in [-0.2, -0.15) is 0 Å². The molecule has 0 atom stereocenters. The number of benzene rings is 1. The highest BCUT2D eigenvalue weighted by Crippen LogP contribution is 2.18. The van der Waals surface area contributed by atoms with Gasteiger partial charge in [-0.15, -0.1) is 0 Å². The molecule has 2 amide bonds. The van der Waals surface area contributed by atoms with E-state index in [0.717, 1.165) is 42.1 Å². The van der Waals surface area contributed by atoms with Crippen molar-refractivity contribution >= 4 is 17.5 Å². The third kappa shape index (κ3) is 5.14. The molecule has 1 saturated heterocycles. The third-order valence-electron chi connectivity index (χ3n) is 5.03. The Morgan fingerprint density at radius 3 is 2.52 bits per heavy atom. The normalized spacial score (nSPS) is 14.8. The number of carbonyl (C=O) groups excluding carboxylic acids is 2. The molecule has 0 aliphatic carbocycles. The van der Waals surface area contributed by atoms with Crippen LogP contribution in [0.15, 0.2) is 42.6 Å². The van der Waals surface area contributed by atoms with Gasteiger partial charge in [0.15, 0.2) is 0 Å². The molecule has 3 rings (SSSR count). The Balaban J connectivity index is 1.46. The maximum atomic E-state index is 12.4. The first-order chi connectivity index (χ1) is 13.0. The molecule has 0 radical (unpaired) electrons. The quantitative estimate of drug-likeness (QED) is 0.825. The maximum absolute atomic E-state index is 12.4. The van der Waals surface area contributed by atoms with Crippen LogP contribution in [0.4, 0.5) is 5.69 Å². The van der Waals surface area contributed by atoms with E-state index in [9.17, 15) is 9.59 Å². The molecule has 27 heavy (non-hydrogen) atoms. The Hall–Kier alpha value is -2.73. The Morgan fingerprint density at radius 1 is 1.04 bits per heavy atom. The molecule has 6 heteroatoms. The lowest BCUT2D eigenvalue weighted by Crippen LogP contribution is -2.48. The van der Waals surface area contributed by atoms with Crippen molar-refractivity contribution in [3.63, 3.8) is 0 Å². The van der Waals surface area contributed by atoms with Crippen molar-refractivity contribution in [2.75, 3.05) is 31.5 Å². The second-order valence-electron chi connectivity index (χ2n) is 6.95. The van der Waals surface area contributed by atoms with Gasteiger partial charge < -0.3 is 10.2 Å². The topological polar surface area (TPSA) is 65.5 Å². The molecule has 1 aliphatic rings. The van der Waals surface area contributed by atoms with E-state index in [0.29, 0.717) is 13.1 Å². The molecule has 0 unspecified atom stereocenters. The minimum atomic E-state index is -0.260. The van der Waals surface area contributed by atoms with Crippen LogP contribution in [0.3, 0.4) is 0 Å².